The lowest BCUT2D eigenvalue weighted by molar-refractivity contribution is 1.71. The maximum Gasteiger partial charge on any atom is 0.116 e. The Balaban J connectivity index is 0. The molecular weight excluding hydrogens is 186 g/mol. The van der Waals surface area contributed by atoms with E-state index in [1.54, 1.807) is 6.08 Å². The molecule has 0 aliphatic carbocycles. The van der Waals surface area contributed by atoms with Gasteiger partial charge < -0.3 is 0 Å². The second kappa shape index (κ2) is 9.23. The van der Waals surface area contributed by atoms with Gasteiger partial charge in [0.15, 0.2) is 0 Å². The monoisotopic (exact) mass is 196 g/mol. The quantitative estimate of drug-likeness (QED) is 0.342. The van der Waals surface area contributed by atoms with Crippen molar-refractivity contribution in [2.75, 3.05) is 0 Å². The fourth-order valence-electron chi connectivity index (χ4n) is 0.284. The molecule has 0 spiro atoms. The molecule has 0 nitrogen and oxygen atoms in total. The Kier molecular flexibility index (Phi) is 11.9. The molecule has 0 heterocycles. The number of allylic oxidation sites excluding steroid dienone is 3. The Labute approximate surface area is 73.6 Å². The van der Waals surface area contributed by atoms with Crippen molar-refractivity contribution in [1.82, 2.24) is 0 Å². The van der Waals surface area contributed by atoms with Crippen LogP contribution in [-0.4, -0.2) is 0 Å². The van der Waals surface area contributed by atoms with Crippen molar-refractivity contribution in [3.8, 4) is 0 Å². The molecule has 0 aromatic heterocycles. The highest BCUT2D eigenvalue weighted by atomic mass is 35.9. The van der Waals surface area contributed by atoms with Crippen LogP contribution in [0.4, 0.5) is 0 Å². The molecule has 0 aliphatic heterocycles. The molecular formula is C7H11Cl2P. The lowest BCUT2D eigenvalue weighted by atomic mass is 10.5. The maximum absolute atomic E-state index is 5.53. The minimum Gasteiger partial charge on any atom is -0.106 e. The second-order valence-electron chi connectivity index (χ2n) is 1.15. The van der Waals surface area contributed by atoms with Gasteiger partial charge in [-0.05, 0) is 6.92 Å². The fourth-order valence-corrected chi connectivity index (χ4v) is 1.62. The van der Waals surface area contributed by atoms with E-state index in [0.717, 1.165) is 5.31 Å². The fraction of sp³-hybridized carbons (Fsp3) is 0.143. The topological polar surface area (TPSA) is 0 Å². The van der Waals surface area contributed by atoms with Crippen LogP contribution in [0.1, 0.15) is 6.92 Å². The van der Waals surface area contributed by atoms with Crippen molar-refractivity contribution in [1.29, 1.82) is 0 Å². The molecule has 0 fully saturated rings. The second-order valence-corrected chi connectivity index (χ2v) is 4.68. The van der Waals surface area contributed by atoms with Gasteiger partial charge in [-0.3, -0.25) is 0 Å². The van der Waals surface area contributed by atoms with Crippen molar-refractivity contribution in [3.05, 3.63) is 37.2 Å². The van der Waals surface area contributed by atoms with Gasteiger partial charge in [-0.2, -0.15) is 0 Å². The standard InChI is InChI=1S/C5H7Cl2P.C2H4/c1-3-5(4-2)8(6)7;1-2/h3-4H,1H2,2H3;1-2H2/b5-4+;. The number of hydrogen-bond donors (Lipinski definition) is 0. The smallest absolute Gasteiger partial charge is 0.106 e. The van der Waals surface area contributed by atoms with Gasteiger partial charge in [0, 0.05) is 5.31 Å². The summed E-state index contributed by atoms with van der Waals surface area (Å²) in [6.45, 7) is 10.4. The highest BCUT2D eigenvalue weighted by molar-refractivity contribution is 8.06. The Bertz CT molecular complexity index is 119. The van der Waals surface area contributed by atoms with Crippen LogP contribution in [0, 0.1) is 0 Å². The third-order valence-electron chi connectivity index (χ3n) is 0.700. The largest absolute Gasteiger partial charge is 0.116 e. The lowest BCUT2D eigenvalue weighted by Crippen LogP contribution is -1.59. The van der Waals surface area contributed by atoms with Crippen molar-refractivity contribution in [3.63, 3.8) is 0 Å². The summed E-state index contributed by atoms with van der Waals surface area (Å²) >= 11 is 11.1. The van der Waals surface area contributed by atoms with Crippen LogP contribution < -0.4 is 0 Å². The summed E-state index contributed by atoms with van der Waals surface area (Å²) in [5.41, 5.74) is 0. The van der Waals surface area contributed by atoms with Gasteiger partial charge in [0.05, 0.1) is 0 Å². The molecule has 0 aromatic carbocycles. The van der Waals surface area contributed by atoms with Crippen molar-refractivity contribution in [2.45, 2.75) is 6.92 Å². The molecule has 0 bridgehead atoms. The molecule has 0 rings (SSSR count). The van der Waals surface area contributed by atoms with Gasteiger partial charge in [-0.1, -0.05) is 41.2 Å². The molecule has 0 saturated heterocycles. The van der Waals surface area contributed by atoms with Gasteiger partial charge in [0.1, 0.15) is 6.63 Å². The zero-order valence-electron chi connectivity index (χ0n) is 5.98. The predicted molar refractivity (Wildman–Crippen MR) is 53.8 cm³/mol. The molecule has 0 aromatic rings. The molecule has 0 saturated carbocycles. The summed E-state index contributed by atoms with van der Waals surface area (Å²) in [6.07, 6.45) is 3.53. The Hall–Kier alpha value is 0.230. The summed E-state index contributed by atoms with van der Waals surface area (Å²) in [4.78, 5) is 0. The minimum atomic E-state index is -0.977. The van der Waals surface area contributed by atoms with E-state index in [1.807, 2.05) is 13.0 Å². The first-order valence-corrected chi connectivity index (χ1v) is 5.78. The van der Waals surface area contributed by atoms with E-state index in [0.29, 0.717) is 0 Å². The molecule has 10 heavy (non-hydrogen) atoms. The van der Waals surface area contributed by atoms with Gasteiger partial charge in [-0.25, -0.2) is 0 Å². The zero-order valence-corrected chi connectivity index (χ0v) is 8.39. The first kappa shape index (κ1) is 12.9. The molecule has 0 atom stereocenters. The molecule has 3 heteroatoms. The van der Waals surface area contributed by atoms with E-state index in [-0.39, 0.29) is 0 Å². The third-order valence-corrected chi connectivity index (χ3v) is 2.70. The lowest BCUT2D eigenvalue weighted by Gasteiger charge is -1.96. The number of rotatable bonds is 2. The summed E-state index contributed by atoms with van der Waals surface area (Å²) in [6, 6.07) is 0. The first-order chi connectivity index (χ1) is 4.72. The van der Waals surface area contributed by atoms with Crippen LogP contribution >= 0.6 is 29.1 Å². The summed E-state index contributed by atoms with van der Waals surface area (Å²) in [5.74, 6) is 0. The van der Waals surface area contributed by atoms with Gasteiger partial charge >= 0.3 is 0 Å². The van der Waals surface area contributed by atoms with E-state index in [1.165, 1.54) is 0 Å². The third kappa shape index (κ3) is 6.35. The summed E-state index contributed by atoms with van der Waals surface area (Å²) in [7, 11) is 0. The Morgan fingerprint density at radius 2 is 1.80 bits per heavy atom. The summed E-state index contributed by atoms with van der Waals surface area (Å²) in [5, 5.41) is 0.920. The average molecular weight is 197 g/mol. The first-order valence-electron chi connectivity index (χ1n) is 2.62. The Morgan fingerprint density at radius 1 is 1.40 bits per heavy atom. The van der Waals surface area contributed by atoms with Crippen molar-refractivity contribution in [2.24, 2.45) is 0 Å². The van der Waals surface area contributed by atoms with Crippen molar-refractivity contribution < 1.29 is 0 Å². The van der Waals surface area contributed by atoms with E-state index in [4.69, 9.17) is 22.5 Å². The normalized spacial score (nSPS) is 10.2. The van der Waals surface area contributed by atoms with E-state index >= 15 is 0 Å². The number of halogens is 2. The van der Waals surface area contributed by atoms with Crippen LogP contribution in [0.15, 0.2) is 37.2 Å². The van der Waals surface area contributed by atoms with Gasteiger partial charge in [-0.15, -0.1) is 13.2 Å². The molecule has 0 radical (unpaired) electrons. The molecule has 0 aliphatic rings. The zero-order chi connectivity index (χ0) is 8.57. The Morgan fingerprint density at radius 3 is 1.80 bits per heavy atom. The minimum absolute atomic E-state index is 0.920. The van der Waals surface area contributed by atoms with E-state index in [2.05, 4.69) is 19.7 Å². The van der Waals surface area contributed by atoms with E-state index in [9.17, 15) is 0 Å². The highest BCUT2D eigenvalue weighted by Crippen LogP contribution is 2.54. The summed E-state index contributed by atoms with van der Waals surface area (Å²) < 4.78 is 0. The predicted octanol–water partition coefficient (Wildman–Crippen LogP) is 4.67. The van der Waals surface area contributed by atoms with Crippen LogP contribution in [0.25, 0.3) is 0 Å². The molecule has 0 amide bonds. The van der Waals surface area contributed by atoms with Crippen LogP contribution in [0.5, 0.6) is 0 Å². The van der Waals surface area contributed by atoms with Crippen LogP contribution in [0.2, 0.25) is 0 Å². The average Bonchev–Trinajstić information content (AvgIpc) is 1.94. The molecule has 58 valence electrons. The van der Waals surface area contributed by atoms with Crippen molar-refractivity contribution >= 4 is 29.1 Å². The molecule has 0 N–H and O–H groups in total. The SMILES string of the molecule is C=C.C=C/C(=C\C)P(Cl)Cl. The maximum atomic E-state index is 5.53. The van der Waals surface area contributed by atoms with Gasteiger partial charge in [0.25, 0.3) is 0 Å². The molecule has 0 unspecified atom stereocenters. The van der Waals surface area contributed by atoms with Gasteiger partial charge in [0.2, 0.25) is 0 Å². The van der Waals surface area contributed by atoms with Crippen LogP contribution in [-0.2, 0) is 0 Å². The van der Waals surface area contributed by atoms with Crippen LogP contribution in [0.3, 0.4) is 0 Å². The number of hydrogen-bond acceptors (Lipinski definition) is 0. The highest BCUT2D eigenvalue weighted by Gasteiger charge is 1.99. The van der Waals surface area contributed by atoms with E-state index < -0.39 is 6.63 Å².